The molecule has 2 rings (SSSR count). The second kappa shape index (κ2) is 6.51. The van der Waals surface area contributed by atoms with Gasteiger partial charge in [0.15, 0.2) is 5.78 Å². The van der Waals surface area contributed by atoms with Crippen molar-refractivity contribution in [3.63, 3.8) is 0 Å². The Kier molecular flexibility index (Phi) is 4.73. The van der Waals surface area contributed by atoms with Crippen LogP contribution in [0.5, 0.6) is 0 Å². The normalized spacial score (nSPS) is 10.6. The summed E-state index contributed by atoms with van der Waals surface area (Å²) < 4.78 is 0. The zero-order valence-electron chi connectivity index (χ0n) is 12.6. The van der Waals surface area contributed by atoms with Crippen molar-refractivity contribution in [1.29, 1.82) is 0 Å². The van der Waals surface area contributed by atoms with Crippen LogP contribution in [-0.2, 0) is 12.8 Å². The average molecular weight is 266 g/mol. The number of rotatable bonds is 5. The van der Waals surface area contributed by atoms with E-state index >= 15 is 0 Å². The molecule has 0 saturated heterocycles. The van der Waals surface area contributed by atoms with Gasteiger partial charge in [-0.1, -0.05) is 63.2 Å². The smallest absolute Gasteiger partial charge is 0.162 e. The van der Waals surface area contributed by atoms with E-state index in [0.29, 0.717) is 6.42 Å². The summed E-state index contributed by atoms with van der Waals surface area (Å²) in [7, 11) is 0. The maximum atomic E-state index is 11.6. The van der Waals surface area contributed by atoms with E-state index in [-0.39, 0.29) is 5.78 Å². The Bertz CT molecular complexity index is 594. The Balaban J connectivity index is 2.34. The number of benzene rings is 2. The number of Topliss-reactive ketones (excluding diaryl/α,β-unsaturated/α-hetero) is 1. The van der Waals surface area contributed by atoms with Gasteiger partial charge in [-0.2, -0.15) is 0 Å². The Hall–Kier alpha value is -1.89. The predicted molar refractivity (Wildman–Crippen MR) is 85.3 cm³/mol. The summed E-state index contributed by atoms with van der Waals surface area (Å²) >= 11 is 0. The first kappa shape index (κ1) is 14.5. The summed E-state index contributed by atoms with van der Waals surface area (Å²) in [6.45, 7) is 6.29. The van der Waals surface area contributed by atoms with Gasteiger partial charge in [-0.05, 0) is 35.1 Å². The molecule has 0 heterocycles. The molecule has 0 N–H and O–H groups in total. The standard InChI is InChI=1S/C19H22O/c1-4-14-7-12-18(13-15(14)5-2)16-8-10-17(11-9-16)19(20)6-3/h7-13H,4-6H2,1-3H3. The third-order valence-electron chi connectivity index (χ3n) is 3.83. The van der Waals surface area contributed by atoms with Gasteiger partial charge in [-0.3, -0.25) is 4.79 Å². The fourth-order valence-electron chi connectivity index (χ4n) is 2.53. The molecule has 0 fully saturated rings. The van der Waals surface area contributed by atoms with Crippen LogP contribution in [0.3, 0.4) is 0 Å². The molecule has 0 amide bonds. The summed E-state index contributed by atoms with van der Waals surface area (Å²) in [5.74, 6) is 0.201. The monoisotopic (exact) mass is 266 g/mol. The first-order valence-electron chi connectivity index (χ1n) is 7.45. The van der Waals surface area contributed by atoms with Crippen LogP contribution in [-0.4, -0.2) is 5.78 Å². The molecule has 2 aromatic carbocycles. The zero-order valence-corrected chi connectivity index (χ0v) is 12.6. The van der Waals surface area contributed by atoms with Crippen LogP contribution in [0.4, 0.5) is 0 Å². The highest BCUT2D eigenvalue weighted by molar-refractivity contribution is 5.96. The van der Waals surface area contributed by atoms with Crippen LogP contribution >= 0.6 is 0 Å². The number of carbonyl (C=O) groups is 1. The molecule has 0 spiro atoms. The quantitative estimate of drug-likeness (QED) is 0.690. The number of hydrogen-bond donors (Lipinski definition) is 0. The molecule has 104 valence electrons. The lowest BCUT2D eigenvalue weighted by atomic mass is 9.95. The maximum Gasteiger partial charge on any atom is 0.162 e. The first-order valence-corrected chi connectivity index (χ1v) is 7.45. The fourth-order valence-corrected chi connectivity index (χ4v) is 2.53. The first-order chi connectivity index (χ1) is 9.69. The van der Waals surface area contributed by atoms with Gasteiger partial charge in [0.25, 0.3) is 0 Å². The predicted octanol–water partition coefficient (Wildman–Crippen LogP) is 5.07. The molecule has 0 aromatic heterocycles. The minimum atomic E-state index is 0.201. The number of aryl methyl sites for hydroxylation is 2. The molecule has 1 nitrogen and oxygen atoms in total. The van der Waals surface area contributed by atoms with Crippen molar-refractivity contribution in [2.24, 2.45) is 0 Å². The SMILES string of the molecule is CCC(=O)c1ccc(-c2ccc(CC)c(CC)c2)cc1. The average Bonchev–Trinajstić information content (AvgIpc) is 2.53. The van der Waals surface area contributed by atoms with E-state index < -0.39 is 0 Å². The van der Waals surface area contributed by atoms with Gasteiger partial charge in [-0.15, -0.1) is 0 Å². The van der Waals surface area contributed by atoms with Crippen molar-refractivity contribution in [3.05, 3.63) is 59.2 Å². The van der Waals surface area contributed by atoms with Crippen LogP contribution in [0.2, 0.25) is 0 Å². The molecule has 0 aliphatic heterocycles. The maximum absolute atomic E-state index is 11.6. The largest absolute Gasteiger partial charge is 0.294 e. The highest BCUT2D eigenvalue weighted by atomic mass is 16.1. The highest BCUT2D eigenvalue weighted by Crippen LogP contribution is 2.24. The minimum absolute atomic E-state index is 0.201. The zero-order chi connectivity index (χ0) is 14.5. The van der Waals surface area contributed by atoms with E-state index in [1.807, 2.05) is 31.2 Å². The van der Waals surface area contributed by atoms with Crippen molar-refractivity contribution in [3.8, 4) is 11.1 Å². The van der Waals surface area contributed by atoms with Gasteiger partial charge in [-0.25, -0.2) is 0 Å². The van der Waals surface area contributed by atoms with Crippen LogP contribution in [0, 0.1) is 0 Å². The van der Waals surface area contributed by atoms with Crippen LogP contribution in [0.1, 0.15) is 48.7 Å². The second-order valence-electron chi connectivity index (χ2n) is 5.04. The minimum Gasteiger partial charge on any atom is -0.294 e. The third kappa shape index (κ3) is 2.98. The molecule has 0 aliphatic rings. The van der Waals surface area contributed by atoms with Crippen LogP contribution in [0.25, 0.3) is 11.1 Å². The summed E-state index contributed by atoms with van der Waals surface area (Å²) in [5.41, 5.74) is 6.05. The van der Waals surface area contributed by atoms with E-state index in [2.05, 4.69) is 32.0 Å². The summed E-state index contributed by atoms with van der Waals surface area (Å²) in [4.78, 5) is 11.6. The van der Waals surface area contributed by atoms with Gasteiger partial charge in [0.1, 0.15) is 0 Å². The van der Waals surface area contributed by atoms with Crippen LogP contribution in [0.15, 0.2) is 42.5 Å². The Labute approximate surface area is 121 Å². The van der Waals surface area contributed by atoms with Crippen molar-refractivity contribution in [1.82, 2.24) is 0 Å². The van der Waals surface area contributed by atoms with Gasteiger partial charge in [0.05, 0.1) is 0 Å². The number of ketones is 1. The fraction of sp³-hybridized carbons (Fsp3) is 0.316. The number of hydrogen-bond acceptors (Lipinski definition) is 1. The molecule has 20 heavy (non-hydrogen) atoms. The molecular formula is C19H22O. The topological polar surface area (TPSA) is 17.1 Å². The summed E-state index contributed by atoms with van der Waals surface area (Å²) in [5, 5.41) is 0. The van der Waals surface area contributed by atoms with Crippen molar-refractivity contribution in [2.75, 3.05) is 0 Å². The van der Waals surface area contributed by atoms with E-state index in [1.54, 1.807) is 0 Å². The molecule has 0 aliphatic carbocycles. The molecule has 1 heteroatoms. The van der Waals surface area contributed by atoms with Crippen LogP contribution < -0.4 is 0 Å². The molecule has 2 aromatic rings. The third-order valence-corrected chi connectivity index (χ3v) is 3.83. The Morgan fingerprint density at radius 1 is 0.800 bits per heavy atom. The van der Waals surface area contributed by atoms with E-state index in [1.165, 1.54) is 22.3 Å². The van der Waals surface area contributed by atoms with E-state index in [0.717, 1.165) is 18.4 Å². The molecule has 0 unspecified atom stereocenters. The van der Waals surface area contributed by atoms with Gasteiger partial charge in [0, 0.05) is 12.0 Å². The van der Waals surface area contributed by atoms with Gasteiger partial charge in [0.2, 0.25) is 0 Å². The Morgan fingerprint density at radius 2 is 1.40 bits per heavy atom. The highest BCUT2D eigenvalue weighted by Gasteiger charge is 2.05. The second-order valence-corrected chi connectivity index (χ2v) is 5.04. The lowest BCUT2D eigenvalue weighted by molar-refractivity contribution is 0.0988. The van der Waals surface area contributed by atoms with E-state index in [4.69, 9.17) is 0 Å². The van der Waals surface area contributed by atoms with Gasteiger partial charge < -0.3 is 0 Å². The molecular weight excluding hydrogens is 244 g/mol. The molecule has 0 atom stereocenters. The van der Waals surface area contributed by atoms with Crippen molar-refractivity contribution in [2.45, 2.75) is 40.0 Å². The summed E-state index contributed by atoms with van der Waals surface area (Å²) in [6.07, 6.45) is 2.70. The lowest BCUT2D eigenvalue weighted by Crippen LogP contribution is -1.96. The van der Waals surface area contributed by atoms with Crippen molar-refractivity contribution >= 4 is 5.78 Å². The lowest BCUT2D eigenvalue weighted by Gasteiger charge is -2.09. The molecule has 0 radical (unpaired) electrons. The summed E-state index contributed by atoms with van der Waals surface area (Å²) in [6, 6.07) is 14.6. The van der Waals surface area contributed by atoms with Gasteiger partial charge >= 0.3 is 0 Å². The Morgan fingerprint density at radius 3 is 1.95 bits per heavy atom. The van der Waals surface area contributed by atoms with Crippen molar-refractivity contribution < 1.29 is 4.79 Å². The number of carbonyl (C=O) groups excluding carboxylic acids is 1. The molecule has 0 bridgehead atoms. The molecule has 0 saturated carbocycles. The van der Waals surface area contributed by atoms with E-state index in [9.17, 15) is 4.79 Å².